The molecule has 1 aromatic heterocycles. The molecule has 1 fully saturated rings. The lowest BCUT2D eigenvalue weighted by Crippen LogP contribution is -2.43. The second-order valence-corrected chi connectivity index (χ2v) is 7.85. The Morgan fingerprint density at radius 1 is 0.926 bits per heavy atom. The number of aromatic nitrogens is 1. The van der Waals surface area contributed by atoms with Gasteiger partial charge in [-0.25, -0.2) is 0 Å². The molecule has 2 heterocycles. The molecule has 0 saturated heterocycles. The number of halogens is 1. The van der Waals surface area contributed by atoms with Gasteiger partial charge in [-0.15, -0.1) is 0 Å². The van der Waals surface area contributed by atoms with Crippen molar-refractivity contribution in [3.05, 3.63) is 94.8 Å². The van der Waals surface area contributed by atoms with Crippen LogP contribution in [-0.4, -0.2) is 21.9 Å². The van der Waals surface area contributed by atoms with E-state index < -0.39 is 0 Å². The predicted molar refractivity (Wildman–Crippen MR) is 107 cm³/mol. The van der Waals surface area contributed by atoms with E-state index in [4.69, 9.17) is 11.6 Å². The normalized spacial score (nSPS) is 23.7. The number of hydrogen-bond acceptors (Lipinski definition) is 1. The summed E-state index contributed by atoms with van der Waals surface area (Å²) in [4.78, 5) is 15.5. The van der Waals surface area contributed by atoms with E-state index in [1.807, 2.05) is 36.4 Å². The fourth-order valence-electron chi connectivity index (χ4n) is 4.41. The van der Waals surface area contributed by atoms with Gasteiger partial charge >= 0.3 is 0 Å². The number of carbonyl (C=O) groups excluding carboxylic acids is 1. The molecule has 3 aromatic rings. The van der Waals surface area contributed by atoms with Crippen LogP contribution in [0.2, 0.25) is 5.02 Å². The second kappa shape index (κ2) is 6.58. The highest BCUT2D eigenvalue weighted by atomic mass is 35.5. The van der Waals surface area contributed by atoms with Crippen molar-refractivity contribution in [2.75, 3.05) is 6.54 Å². The van der Waals surface area contributed by atoms with Crippen molar-refractivity contribution in [2.24, 2.45) is 5.92 Å². The molecule has 27 heavy (non-hydrogen) atoms. The first kappa shape index (κ1) is 16.6. The summed E-state index contributed by atoms with van der Waals surface area (Å²) in [6, 6.07) is 22.4. The molecule has 1 aliphatic carbocycles. The smallest absolute Gasteiger partial charge is 0.227 e. The first-order chi connectivity index (χ1) is 13.2. The van der Waals surface area contributed by atoms with Crippen molar-refractivity contribution < 1.29 is 4.79 Å². The predicted octanol–water partition coefficient (Wildman–Crippen LogP) is 4.88. The van der Waals surface area contributed by atoms with E-state index in [1.165, 1.54) is 11.3 Å². The summed E-state index contributed by atoms with van der Waals surface area (Å²) in [5, 5.41) is 0.768. The first-order valence-electron chi connectivity index (χ1n) is 9.49. The molecule has 5 rings (SSSR count). The lowest BCUT2D eigenvalue weighted by atomic mass is 9.99. The van der Waals surface area contributed by atoms with Crippen LogP contribution in [0.15, 0.2) is 72.9 Å². The third-order valence-electron chi connectivity index (χ3n) is 5.85. The van der Waals surface area contributed by atoms with Gasteiger partial charge in [0.2, 0.25) is 5.91 Å². The largest absolute Gasteiger partial charge is 0.348 e. The van der Waals surface area contributed by atoms with Gasteiger partial charge in [0.25, 0.3) is 0 Å². The molecule has 0 N–H and O–H groups in total. The van der Waals surface area contributed by atoms with Crippen LogP contribution in [0.4, 0.5) is 0 Å². The second-order valence-electron chi connectivity index (χ2n) is 7.44. The van der Waals surface area contributed by atoms with E-state index in [9.17, 15) is 4.79 Å². The average molecular weight is 377 g/mol. The van der Waals surface area contributed by atoms with Crippen molar-refractivity contribution in [2.45, 2.75) is 24.9 Å². The maximum Gasteiger partial charge on any atom is 0.227 e. The number of rotatable bonds is 3. The fourth-order valence-corrected chi connectivity index (χ4v) is 4.68. The highest BCUT2D eigenvalue weighted by molar-refractivity contribution is 6.31. The highest BCUT2D eigenvalue weighted by Crippen LogP contribution is 2.51. The zero-order chi connectivity index (χ0) is 18.4. The average Bonchev–Trinajstić information content (AvgIpc) is 3.35. The zero-order valence-corrected chi connectivity index (χ0v) is 15.7. The summed E-state index contributed by atoms with van der Waals surface area (Å²) < 4.78 is 2.26. The maximum absolute atomic E-state index is 13.4. The summed E-state index contributed by atoms with van der Waals surface area (Å²) in [6.45, 7) is 1.59. The summed E-state index contributed by atoms with van der Waals surface area (Å²) in [5.41, 5.74) is 3.46. The lowest BCUT2D eigenvalue weighted by Gasteiger charge is -2.37. The van der Waals surface area contributed by atoms with Crippen LogP contribution in [0.25, 0.3) is 0 Å². The van der Waals surface area contributed by atoms with Crippen molar-refractivity contribution in [1.29, 1.82) is 0 Å². The Labute approximate surface area is 164 Å². The molecule has 4 heteroatoms. The van der Waals surface area contributed by atoms with Crippen molar-refractivity contribution >= 4 is 17.5 Å². The molecular weight excluding hydrogens is 356 g/mol. The van der Waals surface area contributed by atoms with Crippen molar-refractivity contribution in [3.63, 3.8) is 0 Å². The van der Waals surface area contributed by atoms with Crippen LogP contribution in [-0.2, 0) is 11.3 Å². The third kappa shape index (κ3) is 2.87. The van der Waals surface area contributed by atoms with Gasteiger partial charge in [0.05, 0.1) is 6.04 Å². The molecule has 3 unspecified atom stereocenters. The van der Waals surface area contributed by atoms with E-state index >= 15 is 0 Å². The Kier molecular flexibility index (Phi) is 4.05. The quantitative estimate of drug-likeness (QED) is 0.639. The van der Waals surface area contributed by atoms with Crippen LogP contribution >= 0.6 is 11.6 Å². The number of carbonyl (C=O) groups is 1. The SMILES string of the molecule is O=C(C1CC1c1ccccc1Cl)N1CCn2cccc2C1c1ccccc1. The molecule has 1 amide bonds. The number of benzene rings is 2. The molecule has 3 nitrogen and oxygen atoms in total. The van der Waals surface area contributed by atoms with Gasteiger partial charge in [-0.1, -0.05) is 60.1 Å². The summed E-state index contributed by atoms with van der Waals surface area (Å²) in [6.07, 6.45) is 3.00. The number of amides is 1. The van der Waals surface area contributed by atoms with E-state index in [0.717, 1.165) is 30.1 Å². The summed E-state index contributed by atoms with van der Waals surface area (Å²) in [7, 11) is 0. The van der Waals surface area contributed by atoms with Gasteiger partial charge in [-0.3, -0.25) is 4.79 Å². The minimum atomic E-state index is -0.0186. The third-order valence-corrected chi connectivity index (χ3v) is 6.19. The fraction of sp³-hybridized carbons (Fsp3) is 0.261. The molecule has 136 valence electrons. The van der Waals surface area contributed by atoms with Crippen LogP contribution in [0.5, 0.6) is 0 Å². The van der Waals surface area contributed by atoms with Crippen molar-refractivity contribution in [3.8, 4) is 0 Å². The minimum absolute atomic E-state index is 0.0186. The molecule has 0 spiro atoms. The van der Waals surface area contributed by atoms with E-state index in [-0.39, 0.29) is 23.8 Å². The first-order valence-corrected chi connectivity index (χ1v) is 9.87. The van der Waals surface area contributed by atoms with Crippen LogP contribution in [0.3, 0.4) is 0 Å². The molecule has 1 saturated carbocycles. The molecule has 0 bridgehead atoms. The topological polar surface area (TPSA) is 25.2 Å². The standard InChI is InChI=1S/C23H21ClN2O/c24-20-10-5-4-9-17(20)18-15-19(18)23(27)26-14-13-25-12-6-11-21(25)22(26)16-7-2-1-3-8-16/h1-12,18-19,22H,13-15H2. The lowest BCUT2D eigenvalue weighted by molar-refractivity contribution is -0.135. The monoisotopic (exact) mass is 376 g/mol. The maximum atomic E-state index is 13.4. The van der Waals surface area contributed by atoms with Gasteiger partial charge in [-0.05, 0) is 41.7 Å². The van der Waals surface area contributed by atoms with Crippen LogP contribution in [0.1, 0.15) is 35.2 Å². The number of hydrogen-bond donors (Lipinski definition) is 0. The Morgan fingerprint density at radius 3 is 2.52 bits per heavy atom. The molecule has 3 atom stereocenters. The Balaban J connectivity index is 1.46. The van der Waals surface area contributed by atoms with E-state index in [2.05, 4.69) is 46.0 Å². The van der Waals surface area contributed by atoms with E-state index in [0.29, 0.717) is 0 Å². The van der Waals surface area contributed by atoms with Gasteiger partial charge in [0.1, 0.15) is 0 Å². The number of nitrogens with zero attached hydrogens (tertiary/aromatic N) is 2. The highest BCUT2D eigenvalue weighted by Gasteiger charge is 2.48. The van der Waals surface area contributed by atoms with Gasteiger partial charge in [-0.2, -0.15) is 0 Å². The Hall–Kier alpha value is -2.52. The van der Waals surface area contributed by atoms with E-state index in [1.54, 1.807) is 0 Å². The number of fused-ring (bicyclic) bond motifs is 1. The summed E-state index contributed by atoms with van der Waals surface area (Å²) in [5.74, 6) is 0.537. The molecule has 0 radical (unpaired) electrons. The van der Waals surface area contributed by atoms with Gasteiger partial charge < -0.3 is 9.47 Å². The van der Waals surface area contributed by atoms with Crippen molar-refractivity contribution in [1.82, 2.24) is 9.47 Å². The Bertz CT molecular complexity index is 981. The van der Waals surface area contributed by atoms with Gasteiger partial charge in [0.15, 0.2) is 0 Å². The van der Waals surface area contributed by atoms with Crippen LogP contribution in [0, 0.1) is 5.92 Å². The van der Waals surface area contributed by atoms with Crippen LogP contribution < -0.4 is 0 Å². The molecule has 2 aromatic carbocycles. The van der Waals surface area contributed by atoms with Gasteiger partial charge in [0, 0.05) is 35.9 Å². The summed E-state index contributed by atoms with van der Waals surface area (Å²) >= 11 is 6.36. The minimum Gasteiger partial charge on any atom is -0.348 e. The zero-order valence-electron chi connectivity index (χ0n) is 15.0. The molecular formula is C23H21ClN2O. The molecule has 1 aliphatic heterocycles. The molecule has 2 aliphatic rings. The Morgan fingerprint density at radius 2 is 1.70 bits per heavy atom.